The average molecular weight is 756 g/mol. The highest BCUT2D eigenvalue weighted by Gasteiger charge is 2.19. The lowest BCUT2D eigenvalue weighted by atomic mass is 9.91. The van der Waals surface area contributed by atoms with E-state index >= 15 is 0 Å². The molecule has 272 valence electrons. The molecule has 0 spiro atoms. The molecule has 0 aliphatic carbocycles. The maximum Gasteiger partial charge on any atom is 0.0640 e. The summed E-state index contributed by atoms with van der Waals surface area (Å²) in [5.41, 5.74) is 13.2. The normalized spacial score (nSPS) is 11.4. The van der Waals surface area contributed by atoms with Gasteiger partial charge in [0.2, 0.25) is 0 Å². The van der Waals surface area contributed by atoms with Crippen LogP contribution in [0.1, 0.15) is 0 Å². The van der Waals surface area contributed by atoms with Gasteiger partial charge in [0.25, 0.3) is 0 Å². The van der Waals surface area contributed by atoms with Crippen LogP contribution in [0, 0.1) is 0 Å². The lowest BCUT2D eigenvalue weighted by molar-refractivity contribution is 1.30. The zero-order valence-corrected chi connectivity index (χ0v) is 32.5. The molecule has 1 heterocycles. The summed E-state index contributed by atoms with van der Waals surface area (Å²) < 4.78 is 2.58. The molecule has 1 nitrogen and oxygen atoms in total. The SMILES string of the molecule is c1ccc(-c2ccc3cc(-c4ccc(N(c5ccc(-c6cccc7cccc(-c8ccccc8)c67)cc5)c5cccc6c5sc5ccccc56)cc4)ccc3c2)cc1. The van der Waals surface area contributed by atoms with E-state index in [-0.39, 0.29) is 0 Å². The van der Waals surface area contributed by atoms with Crippen molar-refractivity contribution in [2.75, 3.05) is 4.90 Å². The summed E-state index contributed by atoms with van der Waals surface area (Å²) in [6.07, 6.45) is 0. The van der Waals surface area contributed by atoms with Crippen LogP contribution in [0.25, 0.3) is 86.2 Å². The third kappa shape index (κ3) is 6.03. The molecule has 1 aromatic heterocycles. The first-order valence-electron chi connectivity index (χ1n) is 19.8. The van der Waals surface area contributed by atoms with Crippen LogP contribution in [0.15, 0.2) is 224 Å². The Labute approximate surface area is 342 Å². The van der Waals surface area contributed by atoms with E-state index in [2.05, 4.69) is 229 Å². The van der Waals surface area contributed by atoms with E-state index < -0.39 is 0 Å². The summed E-state index contributed by atoms with van der Waals surface area (Å²) in [5.74, 6) is 0. The molecule has 11 rings (SSSR count). The van der Waals surface area contributed by atoms with Crippen molar-refractivity contribution in [1.82, 2.24) is 0 Å². The van der Waals surface area contributed by atoms with Gasteiger partial charge >= 0.3 is 0 Å². The van der Waals surface area contributed by atoms with Crippen molar-refractivity contribution in [3.63, 3.8) is 0 Å². The Kier molecular flexibility index (Phi) is 8.42. The quantitative estimate of drug-likeness (QED) is 0.157. The number of fused-ring (bicyclic) bond motifs is 5. The van der Waals surface area contributed by atoms with Crippen LogP contribution in [-0.4, -0.2) is 0 Å². The number of rotatable bonds is 7. The number of hydrogen-bond acceptors (Lipinski definition) is 2. The molecule has 0 saturated heterocycles. The second-order valence-corrected chi connectivity index (χ2v) is 16.0. The molecular formula is C56H37NS. The third-order valence-corrected chi connectivity index (χ3v) is 12.7. The lowest BCUT2D eigenvalue weighted by Crippen LogP contribution is -2.10. The minimum atomic E-state index is 1.12. The van der Waals surface area contributed by atoms with E-state index in [9.17, 15) is 0 Å². The third-order valence-electron chi connectivity index (χ3n) is 11.5. The van der Waals surface area contributed by atoms with Gasteiger partial charge in [0, 0.05) is 26.8 Å². The van der Waals surface area contributed by atoms with Gasteiger partial charge in [0.1, 0.15) is 0 Å². The maximum atomic E-state index is 2.43. The molecule has 0 amide bonds. The Morgan fingerprint density at radius 1 is 0.310 bits per heavy atom. The van der Waals surface area contributed by atoms with Gasteiger partial charge in [-0.3, -0.25) is 0 Å². The first-order chi connectivity index (χ1) is 28.7. The molecule has 0 radical (unpaired) electrons. The number of thiophene rings is 1. The molecule has 0 atom stereocenters. The van der Waals surface area contributed by atoms with Crippen LogP contribution in [0.3, 0.4) is 0 Å². The summed E-state index contributed by atoms with van der Waals surface area (Å²) in [7, 11) is 0. The van der Waals surface area contributed by atoms with Crippen molar-refractivity contribution in [1.29, 1.82) is 0 Å². The van der Waals surface area contributed by atoms with Crippen LogP contribution < -0.4 is 4.90 Å². The van der Waals surface area contributed by atoms with Crippen molar-refractivity contribution in [3.05, 3.63) is 224 Å². The second kappa shape index (κ2) is 14.4. The lowest BCUT2D eigenvalue weighted by Gasteiger charge is -2.26. The van der Waals surface area contributed by atoms with Gasteiger partial charge in [0.15, 0.2) is 0 Å². The summed E-state index contributed by atoms with van der Waals surface area (Å²) in [4.78, 5) is 2.43. The van der Waals surface area contributed by atoms with E-state index in [1.54, 1.807) is 0 Å². The molecule has 10 aromatic carbocycles. The summed E-state index contributed by atoms with van der Waals surface area (Å²) in [6.45, 7) is 0. The first kappa shape index (κ1) is 34.0. The zero-order chi connectivity index (χ0) is 38.4. The predicted molar refractivity (Wildman–Crippen MR) is 251 cm³/mol. The Morgan fingerprint density at radius 2 is 0.793 bits per heavy atom. The highest BCUT2D eigenvalue weighted by Crippen LogP contribution is 2.46. The Morgan fingerprint density at radius 3 is 1.43 bits per heavy atom. The fourth-order valence-electron chi connectivity index (χ4n) is 8.60. The zero-order valence-electron chi connectivity index (χ0n) is 31.7. The minimum Gasteiger partial charge on any atom is -0.309 e. The molecule has 0 aliphatic heterocycles. The number of nitrogens with zero attached hydrogens (tertiary/aromatic N) is 1. The second-order valence-electron chi connectivity index (χ2n) is 14.9. The molecule has 0 fully saturated rings. The fourth-order valence-corrected chi connectivity index (χ4v) is 9.81. The van der Waals surface area contributed by atoms with Gasteiger partial charge < -0.3 is 4.90 Å². The average Bonchev–Trinajstić information content (AvgIpc) is 3.69. The standard InChI is InChI=1S/C56H37NS/c1-3-12-38(13-4-1)43-24-26-46-37-44(25-27-45(46)36-43)39-28-32-47(33-29-39)57(53-22-11-21-52-51-18-7-8-23-54(51)58-56(52)53)48-34-30-41(31-35-48)50-20-10-17-42-16-9-19-49(55(42)50)40-14-5-2-6-15-40/h1-37H. The molecule has 0 saturated carbocycles. The van der Waals surface area contributed by atoms with E-state index in [1.807, 2.05) is 11.3 Å². The molecule has 0 unspecified atom stereocenters. The van der Waals surface area contributed by atoms with Crippen molar-refractivity contribution in [2.24, 2.45) is 0 Å². The Balaban J connectivity index is 1.00. The summed E-state index contributed by atoms with van der Waals surface area (Å²) in [6, 6.07) is 81.9. The smallest absolute Gasteiger partial charge is 0.0640 e. The molecule has 58 heavy (non-hydrogen) atoms. The topological polar surface area (TPSA) is 3.24 Å². The molecule has 0 aliphatic rings. The van der Waals surface area contributed by atoms with E-state index in [0.29, 0.717) is 0 Å². The minimum absolute atomic E-state index is 1.12. The molecular weight excluding hydrogens is 719 g/mol. The highest BCUT2D eigenvalue weighted by atomic mass is 32.1. The van der Waals surface area contributed by atoms with Gasteiger partial charge in [-0.2, -0.15) is 0 Å². The van der Waals surface area contributed by atoms with Gasteiger partial charge in [-0.05, 0) is 115 Å². The van der Waals surface area contributed by atoms with Crippen LogP contribution >= 0.6 is 11.3 Å². The molecule has 0 N–H and O–H groups in total. The van der Waals surface area contributed by atoms with Crippen molar-refractivity contribution in [3.8, 4) is 44.5 Å². The van der Waals surface area contributed by atoms with Crippen LogP contribution in [0.5, 0.6) is 0 Å². The highest BCUT2D eigenvalue weighted by molar-refractivity contribution is 7.26. The van der Waals surface area contributed by atoms with Crippen LogP contribution in [-0.2, 0) is 0 Å². The van der Waals surface area contributed by atoms with E-state index in [0.717, 1.165) is 11.4 Å². The summed E-state index contributed by atoms with van der Waals surface area (Å²) >= 11 is 1.87. The van der Waals surface area contributed by atoms with Crippen molar-refractivity contribution >= 4 is 70.1 Å². The first-order valence-corrected chi connectivity index (χ1v) is 20.6. The molecule has 2 heteroatoms. The van der Waals surface area contributed by atoms with Crippen LogP contribution in [0.2, 0.25) is 0 Å². The largest absolute Gasteiger partial charge is 0.309 e. The van der Waals surface area contributed by atoms with Gasteiger partial charge in [0.05, 0.1) is 10.4 Å². The van der Waals surface area contributed by atoms with Gasteiger partial charge in [-0.25, -0.2) is 0 Å². The Hall–Kier alpha value is -7.26. The predicted octanol–water partition coefficient (Wildman–Crippen LogP) is 16.5. The number of hydrogen-bond donors (Lipinski definition) is 0. The fraction of sp³-hybridized carbons (Fsp3) is 0. The van der Waals surface area contributed by atoms with Crippen molar-refractivity contribution < 1.29 is 0 Å². The molecule has 0 bridgehead atoms. The van der Waals surface area contributed by atoms with Crippen LogP contribution in [0.4, 0.5) is 17.1 Å². The summed E-state index contributed by atoms with van der Waals surface area (Å²) in [5, 5.41) is 7.58. The van der Waals surface area contributed by atoms with Crippen molar-refractivity contribution in [2.45, 2.75) is 0 Å². The van der Waals surface area contributed by atoms with Gasteiger partial charge in [-0.1, -0.05) is 176 Å². The number of anilines is 3. The van der Waals surface area contributed by atoms with E-state index in [4.69, 9.17) is 0 Å². The maximum absolute atomic E-state index is 2.43. The monoisotopic (exact) mass is 755 g/mol. The molecule has 11 aromatic rings. The number of benzene rings is 10. The Bertz CT molecular complexity index is 3250. The van der Waals surface area contributed by atoms with E-state index in [1.165, 1.54) is 91.9 Å². The van der Waals surface area contributed by atoms with Gasteiger partial charge in [-0.15, -0.1) is 11.3 Å².